The van der Waals surface area contributed by atoms with Crippen LogP contribution in [-0.4, -0.2) is 41.0 Å². The summed E-state index contributed by atoms with van der Waals surface area (Å²) in [6, 6.07) is 9.69. The van der Waals surface area contributed by atoms with Gasteiger partial charge in [0.15, 0.2) is 0 Å². The second kappa shape index (κ2) is 10.8. The number of nitro groups is 1. The topological polar surface area (TPSA) is 99.1 Å². The van der Waals surface area contributed by atoms with E-state index in [9.17, 15) is 10.1 Å². The molecule has 0 aromatic carbocycles. The van der Waals surface area contributed by atoms with Gasteiger partial charge in [0, 0.05) is 46.0 Å². The monoisotopic (exact) mass is 484 g/mol. The van der Waals surface area contributed by atoms with Gasteiger partial charge in [-0.3, -0.25) is 9.97 Å². The van der Waals surface area contributed by atoms with Gasteiger partial charge in [-0.25, -0.2) is 4.98 Å². The molecule has 0 saturated heterocycles. The van der Waals surface area contributed by atoms with Crippen LogP contribution in [-0.2, 0) is 5.75 Å². The van der Waals surface area contributed by atoms with Crippen molar-refractivity contribution in [1.82, 2.24) is 24.6 Å². The smallest absolute Gasteiger partial charge is 0.358 e. The van der Waals surface area contributed by atoms with Crippen LogP contribution in [0.2, 0.25) is 0 Å². The van der Waals surface area contributed by atoms with Crippen LogP contribution >= 0.6 is 35.3 Å². The van der Waals surface area contributed by atoms with Crippen LogP contribution in [0.15, 0.2) is 69.9 Å². The SMILES string of the molecule is Cc1c(SCCCSc2ccc3ncc([N+](=O)[O-])n3n2)ccnc1CSc1ccncc1. The highest BCUT2D eigenvalue weighted by molar-refractivity contribution is 8.00. The van der Waals surface area contributed by atoms with E-state index in [1.54, 1.807) is 42.0 Å². The Labute approximate surface area is 197 Å². The molecule has 0 aliphatic carbocycles. The summed E-state index contributed by atoms with van der Waals surface area (Å²) in [6.07, 6.45) is 7.70. The number of rotatable bonds is 10. The van der Waals surface area contributed by atoms with Crippen LogP contribution in [0.1, 0.15) is 17.7 Å². The lowest BCUT2D eigenvalue weighted by Crippen LogP contribution is -1.99. The van der Waals surface area contributed by atoms with E-state index in [1.807, 2.05) is 36.2 Å². The van der Waals surface area contributed by atoms with Gasteiger partial charge in [0.05, 0.1) is 5.69 Å². The second-order valence-corrected chi connectivity index (χ2v) is 10.0. The highest BCUT2D eigenvalue weighted by Crippen LogP contribution is 2.29. The van der Waals surface area contributed by atoms with E-state index in [0.29, 0.717) is 5.65 Å². The second-order valence-electron chi connectivity index (χ2n) is 6.72. The van der Waals surface area contributed by atoms with Crippen molar-refractivity contribution in [2.75, 3.05) is 11.5 Å². The summed E-state index contributed by atoms with van der Waals surface area (Å²) in [5, 5.41) is 16.2. The Bertz CT molecular complexity index is 1220. The lowest BCUT2D eigenvalue weighted by atomic mass is 10.2. The third-order valence-electron chi connectivity index (χ3n) is 4.59. The molecule has 4 aromatic heterocycles. The maximum absolute atomic E-state index is 11.1. The highest BCUT2D eigenvalue weighted by Gasteiger charge is 2.16. The van der Waals surface area contributed by atoms with Crippen molar-refractivity contribution in [2.24, 2.45) is 0 Å². The minimum atomic E-state index is -0.473. The van der Waals surface area contributed by atoms with Crippen LogP contribution < -0.4 is 0 Å². The molecule has 0 bridgehead atoms. The normalized spacial score (nSPS) is 11.2. The molecule has 11 heteroatoms. The Morgan fingerprint density at radius 1 is 1.00 bits per heavy atom. The van der Waals surface area contributed by atoms with Crippen molar-refractivity contribution in [3.8, 4) is 0 Å². The van der Waals surface area contributed by atoms with E-state index < -0.39 is 4.92 Å². The summed E-state index contributed by atoms with van der Waals surface area (Å²) < 4.78 is 1.28. The van der Waals surface area contributed by atoms with E-state index >= 15 is 0 Å². The lowest BCUT2D eigenvalue weighted by molar-refractivity contribution is -0.391. The molecule has 4 aromatic rings. The summed E-state index contributed by atoms with van der Waals surface area (Å²) in [7, 11) is 0. The predicted molar refractivity (Wildman–Crippen MR) is 128 cm³/mol. The molecule has 0 radical (unpaired) electrons. The zero-order valence-electron chi connectivity index (χ0n) is 17.2. The van der Waals surface area contributed by atoms with Crippen molar-refractivity contribution >= 4 is 46.8 Å². The van der Waals surface area contributed by atoms with Crippen molar-refractivity contribution < 1.29 is 4.92 Å². The van der Waals surface area contributed by atoms with E-state index in [0.717, 1.165) is 34.4 Å². The van der Waals surface area contributed by atoms with Gasteiger partial charge in [0.1, 0.15) is 11.2 Å². The molecule has 0 spiro atoms. The Hall–Kier alpha value is -2.63. The first-order valence-corrected chi connectivity index (χ1v) is 12.8. The molecule has 0 unspecified atom stereocenters. The predicted octanol–water partition coefficient (Wildman–Crippen LogP) is 5.30. The van der Waals surface area contributed by atoms with Gasteiger partial charge < -0.3 is 10.1 Å². The minimum Gasteiger partial charge on any atom is -0.358 e. The summed E-state index contributed by atoms with van der Waals surface area (Å²) in [4.78, 5) is 25.7. The first-order valence-electron chi connectivity index (χ1n) is 9.84. The molecule has 0 aliphatic rings. The maximum Gasteiger partial charge on any atom is 0.368 e. The number of aromatic nitrogens is 5. The molecular formula is C21H20N6O2S3. The highest BCUT2D eigenvalue weighted by atomic mass is 32.2. The number of imidazole rings is 1. The van der Waals surface area contributed by atoms with E-state index in [4.69, 9.17) is 0 Å². The van der Waals surface area contributed by atoms with Crippen LogP contribution in [0.3, 0.4) is 0 Å². The number of pyridine rings is 2. The number of hydrogen-bond donors (Lipinski definition) is 0. The molecule has 0 atom stereocenters. The fourth-order valence-electron chi connectivity index (χ4n) is 2.91. The number of fused-ring (bicyclic) bond motifs is 1. The van der Waals surface area contributed by atoms with Crippen LogP contribution in [0.5, 0.6) is 0 Å². The molecule has 0 fully saturated rings. The van der Waals surface area contributed by atoms with Crippen molar-refractivity contribution in [3.63, 3.8) is 0 Å². The maximum atomic E-state index is 11.1. The molecule has 4 rings (SSSR count). The van der Waals surface area contributed by atoms with Gasteiger partial charge in [0.25, 0.3) is 0 Å². The number of nitrogens with zero attached hydrogens (tertiary/aromatic N) is 6. The third kappa shape index (κ3) is 5.59. The zero-order chi connectivity index (χ0) is 22.3. The minimum absolute atomic E-state index is 0.121. The van der Waals surface area contributed by atoms with Crippen molar-refractivity contribution in [3.05, 3.63) is 76.5 Å². The van der Waals surface area contributed by atoms with Gasteiger partial charge in [-0.2, -0.15) is 0 Å². The van der Waals surface area contributed by atoms with Gasteiger partial charge >= 0.3 is 5.82 Å². The summed E-state index contributed by atoms with van der Waals surface area (Å²) in [5.74, 6) is 2.56. The number of hydrogen-bond acceptors (Lipinski definition) is 9. The molecule has 4 heterocycles. The average Bonchev–Trinajstić information content (AvgIpc) is 3.23. The van der Waals surface area contributed by atoms with E-state index in [2.05, 4.69) is 33.0 Å². The summed E-state index contributed by atoms with van der Waals surface area (Å²) in [6.45, 7) is 2.13. The van der Waals surface area contributed by atoms with Crippen molar-refractivity contribution in [2.45, 2.75) is 33.9 Å². The van der Waals surface area contributed by atoms with E-state index in [1.165, 1.54) is 26.1 Å². The number of thioether (sulfide) groups is 3. The standard InChI is InChI=1S/C21H20N6O2S3/c1-15-17(14-32-16-5-8-22-9-6-16)23-10-7-18(15)30-11-2-12-31-20-4-3-19-24-13-21(27(28)29)26(19)25-20/h3-10,13H,2,11-12,14H2,1H3. The Morgan fingerprint density at radius 2 is 1.81 bits per heavy atom. The van der Waals surface area contributed by atoms with Crippen molar-refractivity contribution in [1.29, 1.82) is 0 Å². The summed E-state index contributed by atoms with van der Waals surface area (Å²) in [5.41, 5.74) is 2.81. The molecular weight excluding hydrogens is 464 g/mol. The Morgan fingerprint density at radius 3 is 2.62 bits per heavy atom. The molecule has 32 heavy (non-hydrogen) atoms. The molecule has 0 saturated carbocycles. The summed E-state index contributed by atoms with van der Waals surface area (Å²) >= 11 is 5.18. The Kier molecular flexibility index (Phi) is 7.61. The largest absolute Gasteiger partial charge is 0.368 e. The lowest BCUT2D eigenvalue weighted by Gasteiger charge is -2.10. The van der Waals surface area contributed by atoms with E-state index in [-0.39, 0.29) is 5.82 Å². The first-order chi connectivity index (χ1) is 15.6. The van der Waals surface area contributed by atoms with Gasteiger partial charge in [-0.1, -0.05) is 9.61 Å². The molecule has 8 nitrogen and oxygen atoms in total. The Balaban J connectivity index is 1.27. The third-order valence-corrected chi connectivity index (χ3v) is 7.86. The van der Waals surface area contributed by atoms with Gasteiger partial charge in [-0.05, 0) is 53.8 Å². The first kappa shape index (κ1) is 22.6. The van der Waals surface area contributed by atoms with Crippen LogP contribution in [0.25, 0.3) is 5.65 Å². The molecule has 0 aliphatic heterocycles. The van der Waals surface area contributed by atoms with Crippen LogP contribution in [0.4, 0.5) is 5.82 Å². The zero-order valence-corrected chi connectivity index (χ0v) is 19.7. The average molecular weight is 485 g/mol. The van der Waals surface area contributed by atoms with Crippen LogP contribution in [0, 0.1) is 17.0 Å². The molecule has 164 valence electrons. The fraction of sp³-hybridized carbons (Fsp3) is 0.238. The van der Waals surface area contributed by atoms with Gasteiger partial charge in [-0.15, -0.1) is 35.3 Å². The van der Waals surface area contributed by atoms with Gasteiger partial charge in [0.2, 0.25) is 5.65 Å². The fourth-order valence-corrected chi connectivity index (χ4v) is 5.80. The quantitative estimate of drug-likeness (QED) is 0.128. The molecule has 0 amide bonds. The molecule has 0 N–H and O–H groups in total.